The second-order valence-corrected chi connectivity index (χ2v) is 7.78. The zero-order valence-corrected chi connectivity index (χ0v) is 18.8. The van der Waals surface area contributed by atoms with Crippen molar-refractivity contribution < 1.29 is 36.3 Å². The number of benzene rings is 3. The molecule has 36 heavy (non-hydrogen) atoms. The van der Waals surface area contributed by atoms with Gasteiger partial charge in [0, 0.05) is 11.1 Å². The van der Waals surface area contributed by atoms with Gasteiger partial charge in [-0.1, -0.05) is 11.6 Å². The first-order valence-electron chi connectivity index (χ1n) is 10.0. The van der Waals surface area contributed by atoms with Crippen LogP contribution >= 0.6 is 11.6 Å². The van der Waals surface area contributed by atoms with Crippen molar-refractivity contribution in [3.63, 3.8) is 0 Å². The van der Waals surface area contributed by atoms with Gasteiger partial charge >= 0.3 is 6.18 Å². The number of hydrogen-bond donors (Lipinski definition) is 1. The second kappa shape index (κ2) is 9.50. The van der Waals surface area contributed by atoms with Crippen molar-refractivity contribution in [3.05, 3.63) is 93.6 Å². The Labute approximate surface area is 204 Å². The average Bonchev–Trinajstić information content (AvgIpc) is 2.84. The lowest BCUT2D eigenvalue weighted by Crippen LogP contribution is -2.16. The summed E-state index contributed by atoms with van der Waals surface area (Å²) in [5, 5.41) is 1.38. The molecule has 4 aromatic rings. The van der Waals surface area contributed by atoms with E-state index in [4.69, 9.17) is 16.3 Å². The zero-order valence-electron chi connectivity index (χ0n) is 18.1. The number of aromatic nitrogens is 2. The molecule has 1 heterocycles. The normalized spacial score (nSPS) is 11.4. The molecule has 0 atom stereocenters. The number of carbonyl (C=O) groups is 2. The molecular formula is C24H13ClF5N3O3. The molecule has 1 N–H and O–H groups in total. The molecule has 4 rings (SSSR count). The number of ether oxygens (including phenoxy) is 1. The maximum Gasteiger partial charge on any atom is 0.417 e. The Morgan fingerprint density at radius 3 is 2.36 bits per heavy atom. The van der Waals surface area contributed by atoms with E-state index >= 15 is 4.39 Å². The van der Waals surface area contributed by atoms with Crippen molar-refractivity contribution in [2.75, 3.05) is 12.4 Å². The van der Waals surface area contributed by atoms with Crippen molar-refractivity contribution in [1.29, 1.82) is 0 Å². The summed E-state index contributed by atoms with van der Waals surface area (Å²) in [7, 11) is 1.37. The molecule has 0 spiro atoms. The first-order valence-corrected chi connectivity index (χ1v) is 10.4. The molecule has 184 valence electrons. The van der Waals surface area contributed by atoms with E-state index in [1.165, 1.54) is 31.5 Å². The number of rotatable bonds is 5. The predicted molar refractivity (Wildman–Crippen MR) is 120 cm³/mol. The van der Waals surface area contributed by atoms with Gasteiger partial charge in [-0.3, -0.25) is 9.59 Å². The molecule has 0 unspecified atom stereocenters. The summed E-state index contributed by atoms with van der Waals surface area (Å²) in [4.78, 5) is 33.7. The van der Waals surface area contributed by atoms with E-state index in [0.29, 0.717) is 11.6 Å². The van der Waals surface area contributed by atoms with Gasteiger partial charge in [0.2, 0.25) is 5.88 Å². The van der Waals surface area contributed by atoms with Crippen molar-refractivity contribution in [3.8, 4) is 5.88 Å². The first-order chi connectivity index (χ1) is 17.0. The van der Waals surface area contributed by atoms with Gasteiger partial charge in [0.1, 0.15) is 5.82 Å². The van der Waals surface area contributed by atoms with Crippen LogP contribution < -0.4 is 10.1 Å². The molecular weight excluding hydrogens is 509 g/mol. The van der Waals surface area contributed by atoms with E-state index < -0.39 is 51.3 Å². The number of amides is 1. The highest BCUT2D eigenvalue weighted by Gasteiger charge is 2.33. The summed E-state index contributed by atoms with van der Waals surface area (Å²) < 4.78 is 73.3. The smallest absolute Gasteiger partial charge is 0.417 e. The molecule has 6 nitrogen and oxygen atoms in total. The highest BCUT2D eigenvalue weighted by atomic mass is 35.5. The van der Waals surface area contributed by atoms with E-state index in [1.54, 1.807) is 0 Å². The third-order valence-electron chi connectivity index (χ3n) is 5.09. The van der Waals surface area contributed by atoms with Crippen LogP contribution in [0.3, 0.4) is 0 Å². The van der Waals surface area contributed by atoms with Crippen LogP contribution in [0.5, 0.6) is 5.88 Å². The molecule has 12 heteroatoms. The lowest BCUT2D eigenvalue weighted by molar-refractivity contribution is -0.137. The van der Waals surface area contributed by atoms with Gasteiger partial charge in [0.25, 0.3) is 5.91 Å². The first kappa shape index (κ1) is 25.0. The van der Waals surface area contributed by atoms with Gasteiger partial charge in [-0.15, -0.1) is 0 Å². The van der Waals surface area contributed by atoms with Gasteiger partial charge in [0.15, 0.2) is 11.6 Å². The van der Waals surface area contributed by atoms with Crippen LogP contribution in [0, 0.1) is 11.6 Å². The predicted octanol–water partition coefficient (Wildman–Crippen LogP) is 6.07. The Morgan fingerprint density at radius 2 is 1.69 bits per heavy atom. The van der Waals surface area contributed by atoms with Crippen LogP contribution in [0.4, 0.5) is 27.6 Å². The third-order valence-corrected chi connectivity index (χ3v) is 5.41. The number of halogens is 6. The summed E-state index contributed by atoms with van der Waals surface area (Å²) >= 11 is 5.62. The van der Waals surface area contributed by atoms with Crippen LogP contribution in [0.25, 0.3) is 11.0 Å². The number of fused-ring (bicyclic) bond motifs is 1. The van der Waals surface area contributed by atoms with Crippen LogP contribution in [0.2, 0.25) is 5.02 Å². The summed E-state index contributed by atoms with van der Waals surface area (Å²) in [5.41, 5.74) is -2.45. The summed E-state index contributed by atoms with van der Waals surface area (Å²) in [6, 6.07) is 7.88. The second-order valence-electron chi connectivity index (χ2n) is 7.38. The lowest BCUT2D eigenvalue weighted by Gasteiger charge is -2.12. The molecule has 0 fully saturated rings. The van der Waals surface area contributed by atoms with E-state index in [2.05, 4.69) is 15.3 Å². The number of nitrogens with one attached hydrogen (secondary N) is 1. The molecule has 0 bridgehead atoms. The molecule has 0 radical (unpaired) electrons. The quantitative estimate of drug-likeness (QED) is 0.254. The maximum atomic E-state index is 15.2. The number of carbonyl (C=O) groups excluding carboxylic acids is 2. The highest BCUT2D eigenvalue weighted by Crippen LogP contribution is 2.35. The van der Waals surface area contributed by atoms with Crippen molar-refractivity contribution in [2.24, 2.45) is 0 Å². The Bertz CT molecular complexity index is 1530. The standard InChI is InChI=1S/C24H13ClF5N3O3/c1-36-19-10-31-16-6-3-11(9-18(16)32-19)22(34)20-15(26)5-7-17(21(20)27)33-23(35)12-2-4-13(14(25)8-12)24(28,29)30/h2-10H,1H3,(H,33,35). The number of alkyl halides is 3. The minimum absolute atomic E-state index is 0.110. The largest absolute Gasteiger partial charge is 0.480 e. The lowest BCUT2D eigenvalue weighted by atomic mass is 10.0. The fourth-order valence-corrected chi connectivity index (χ4v) is 3.60. The zero-order chi connectivity index (χ0) is 26.2. The minimum atomic E-state index is -4.73. The number of methoxy groups -OCH3 is 1. The Morgan fingerprint density at radius 1 is 0.972 bits per heavy atom. The van der Waals surface area contributed by atoms with Crippen LogP contribution in [0.1, 0.15) is 31.8 Å². The minimum Gasteiger partial charge on any atom is -0.480 e. The summed E-state index contributed by atoms with van der Waals surface area (Å²) in [6.45, 7) is 0. The molecule has 0 aliphatic carbocycles. The summed E-state index contributed by atoms with van der Waals surface area (Å²) in [5.74, 6) is -4.46. The van der Waals surface area contributed by atoms with E-state index in [0.717, 1.165) is 24.3 Å². The fourth-order valence-electron chi connectivity index (χ4n) is 3.32. The molecule has 0 aliphatic heterocycles. The average molecular weight is 522 g/mol. The molecule has 1 aromatic heterocycles. The van der Waals surface area contributed by atoms with E-state index in [-0.39, 0.29) is 22.5 Å². The molecule has 0 saturated carbocycles. The molecule has 1 amide bonds. The number of anilines is 1. The SMILES string of the molecule is COc1cnc2ccc(C(=O)c3c(F)ccc(NC(=O)c4ccc(C(F)(F)F)c(Cl)c4)c3F)cc2n1. The topological polar surface area (TPSA) is 81.2 Å². The fraction of sp³-hybridized carbons (Fsp3) is 0.0833. The highest BCUT2D eigenvalue weighted by molar-refractivity contribution is 6.32. The third kappa shape index (κ3) is 4.82. The Kier molecular flexibility index (Phi) is 6.59. The van der Waals surface area contributed by atoms with Crippen LogP contribution in [0.15, 0.2) is 54.7 Å². The number of ketones is 1. The number of hydrogen-bond acceptors (Lipinski definition) is 5. The van der Waals surface area contributed by atoms with E-state index in [9.17, 15) is 27.2 Å². The molecule has 0 saturated heterocycles. The van der Waals surface area contributed by atoms with Gasteiger partial charge in [-0.2, -0.15) is 13.2 Å². The number of nitrogens with zero attached hydrogens (tertiary/aromatic N) is 2. The van der Waals surface area contributed by atoms with Gasteiger partial charge < -0.3 is 10.1 Å². The van der Waals surface area contributed by atoms with Gasteiger partial charge in [-0.25, -0.2) is 18.7 Å². The van der Waals surface area contributed by atoms with Crippen molar-refractivity contribution >= 4 is 40.0 Å². The van der Waals surface area contributed by atoms with Gasteiger partial charge in [0.05, 0.1) is 46.2 Å². The summed E-state index contributed by atoms with van der Waals surface area (Å²) in [6.07, 6.45) is -3.37. The Balaban J connectivity index is 1.66. The van der Waals surface area contributed by atoms with Crippen LogP contribution in [-0.2, 0) is 6.18 Å². The van der Waals surface area contributed by atoms with Crippen molar-refractivity contribution in [1.82, 2.24) is 9.97 Å². The molecule has 0 aliphatic rings. The monoisotopic (exact) mass is 521 g/mol. The van der Waals surface area contributed by atoms with Gasteiger partial charge in [-0.05, 0) is 48.5 Å². The van der Waals surface area contributed by atoms with Crippen molar-refractivity contribution in [2.45, 2.75) is 6.18 Å². The van der Waals surface area contributed by atoms with E-state index in [1.807, 2.05) is 0 Å². The Hall–Kier alpha value is -4.12. The maximum absolute atomic E-state index is 15.2. The van der Waals surface area contributed by atoms with Crippen LogP contribution in [-0.4, -0.2) is 28.8 Å². The molecule has 3 aromatic carbocycles.